The standard InChI is InChI=1S/C24H24N4O2S2/c1-16-14-18(21-4-2-3-5-22(21)25-16)15-30-19-6-8-20(9-7-19)32-28-12-10-17(11-13-28)23-26-27-24(29)31-23/h2-9,14,17H,10-13,15H2,1H3,(H,27,29). The highest BCUT2D eigenvalue weighted by molar-refractivity contribution is 7.97. The third-order valence-electron chi connectivity index (χ3n) is 5.64. The van der Waals surface area contributed by atoms with Crippen molar-refractivity contribution in [1.29, 1.82) is 0 Å². The Balaban J connectivity index is 1.16. The van der Waals surface area contributed by atoms with Gasteiger partial charge in [0.1, 0.15) is 17.4 Å². The number of H-pyrrole nitrogens is 1. The lowest BCUT2D eigenvalue weighted by atomic mass is 9.99. The van der Waals surface area contributed by atoms with Crippen LogP contribution in [0.5, 0.6) is 5.75 Å². The first-order valence-corrected chi connectivity index (χ1v) is 12.3. The third-order valence-corrected chi connectivity index (χ3v) is 7.66. The third kappa shape index (κ3) is 4.87. The number of hydrogen-bond acceptors (Lipinski definition) is 7. The Morgan fingerprint density at radius 1 is 1.16 bits per heavy atom. The number of benzene rings is 2. The fourth-order valence-electron chi connectivity index (χ4n) is 4.03. The van der Waals surface area contributed by atoms with E-state index in [0.717, 1.165) is 58.8 Å². The van der Waals surface area contributed by atoms with Crippen molar-refractivity contribution < 1.29 is 4.74 Å². The molecule has 1 aliphatic rings. The summed E-state index contributed by atoms with van der Waals surface area (Å²) in [5.41, 5.74) is 3.15. The summed E-state index contributed by atoms with van der Waals surface area (Å²) in [5.74, 6) is 1.25. The fourth-order valence-corrected chi connectivity index (χ4v) is 5.76. The quantitative estimate of drug-likeness (QED) is 0.398. The minimum atomic E-state index is -0.0636. The summed E-state index contributed by atoms with van der Waals surface area (Å²) < 4.78 is 8.46. The molecular weight excluding hydrogens is 440 g/mol. The number of aryl methyl sites for hydroxylation is 1. The summed E-state index contributed by atoms with van der Waals surface area (Å²) in [6, 6.07) is 18.6. The highest BCUT2D eigenvalue weighted by Crippen LogP contribution is 2.33. The number of piperidine rings is 1. The molecule has 0 atom stereocenters. The number of ether oxygens (including phenoxy) is 1. The molecule has 2 aromatic carbocycles. The first-order chi connectivity index (χ1) is 15.6. The number of fused-ring (bicyclic) bond motifs is 1. The predicted molar refractivity (Wildman–Crippen MR) is 129 cm³/mol. The van der Waals surface area contributed by atoms with E-state index in [1.807, 2.05) is 37.3 Å². The summed E-state index contributed by atoms with van der Waals surface area (Å²) >= 11 is 3.02. The summed E-state index contributed by atoms with van der Waals surface area (Å²) in [6.07, 6.45) is 2.04. The van der Waals surface area contributed by atoms with Crippen LogP contribution in [-0.2, 0) is 6.61 Å². The summed E-state index contributed by atoms with van der Waals surface area (Å²) in [6.45, 7) is 4.50. The molecule has 0 amide bonds. The van der Waals surface area contributed by atoms with Crippen molar-refractivity contribution in [2.75, 3.05) is 13.1 Å². The molecule has 164 valence electrons. The average molecular weight is 465 g/mol. The molecule has 0 aliphatic carbocycles. The van der Waals surface area contributed by atoms with Gasteiger partial charge < -0.3 is 4.74 Å². The van der Waals surface area contributed by atoms with Gasteiger partial charge >= 0.3 is 4.87 Å². The Labute approximate surface area is 194 Å². The molecule has 4 aromatic rings. The van der Waals surface area contributed by atoms with Crippen molar-refractivity contribution in [2.24, 2.45) is 0 Å². The topological polar surface area (TPSA) is 71.1 Å². The average Bonchev–Trinajstić information content (AvgIpc) is 3.25. The van der Waals surface area contributed by atoms with E-state index in [9.17, 15) is 4.79 Å². The number of aromatic nitrogens is 3. The number of hydrogen-bond donors (Lipinski definition) is 1. The minimum Gasteiger partial charge on any atom is -0.489 e. The Morgan fingerprint density at radius 3 is 2.69 bits per heavy atom. The van der Waals surface area contributed by atoms with E-state index >= 15 is 0 Å². The number of nitrogens with one attached hydrogen (secondary N) is 1. The molecule has 8 heteroatoms. The Morgan fingerprint density at radius 2 is 1.94 bits per heavy atom. The van der Waals surface area contributed by atoms with E-state index in [-0.39, 0.29) is 4.87 Å². The predicted octanol–water partition coefficient (Wildman–Crippen LogP) is 5.15. The maximum atomic E-state index is 11.3. The van der Waals surface area contributed by atoms with E-state index in [0.29, 0.717) is 12.5 Å². The molecule has 32 heavy (non-hydrogen) atoms. The number of para-hydroxylation sites is 1. The molecule has 1 aliphatic heterocycles. The molecule has 6 nitrogen and oxygen atoms in total. The normalized spacial score (nSPS) is 15.3. The first-order valence-electron chi connectivity index (χ1n) is 10.7. The maximum Gasteiger partial charge on any atom is 0.322 e. The summed E-state index contributed by atoms with van der Waals surface area (Å²) in [7, 11) is 0. The van der Waals surface area contributed by atoms with E-state index in [2.05, 4.69) is 43.8 Å². The lowest BCUT2D eigenvalue weighted by Crippen LogP contribution is -2.27. The van der Waals surface area contributed by atoms with Gasteiger partial charge in [-0.3, -0.25) is 9.78 Å². The van der Waals surface area contributed by atoms with Crippen molar-refractivity contribution in [3.05, 3.63) is 80.5 Å². The number of nitrogens with zero attached hydrogens (tertiary/aromatic N) is 3. The zero-order valence-electron chi connectivity index (χ0n) is 17.8. The molecule has 1 saturated heterocycles. The van der Waals surface area contributed by atoms with Gasteiger partial charge in [-0.05, 0) is 68.1 Å². The van der Waals surface area contributed by atoms with Gasteiger partial charge in [0, 0.05) is 40.5 Å². The van der Waals surface area contributed by atoms with Crippen molar-refractivity contribution >= 4 is 34.2 Å². The van der Waals surface area contributed by atoms with E-state index in [1.54, 1.807) is 11.9 Å². The largest absolute Gasteiger partial charge is 0.489 e. The van der Waals surface area contributed by atoms with Gasteiger partial charge in [0.05, 0.1) is 5.52 Å². The van der Waals surface area contributed by atoms with Crippen LogP contribution in [0.2, 0.25) is 0 Å². The lowest BCUT2D eigenvalue weighted by Gasteiger charge is -2.29. The maximum absolute atomic E-state index is 11.3. The molecule has 1 fully saturated rings. The minimum absolute atomic E-state index is 0.0636. The Bertz CT molecular complexity index is 1260. The van der Waals surface area contributed by atoms with Crippen LogP contribution in [0.3, 0.4) is 0 Å². The highest BCUT2D eigenvalue weighted by Gasteiger charge is 2.23. The molecule has 0 unspecified atom stereocenters. The first kappa shape index (κ1) is 21.2. The van der Waals surface area contributed by atoms with E-state index < -0.39 is 0 Å². The molecule has 5 rings (SSSR count). The van der Waals surface area contributed by atoms with Crippen LogP contribution in [-0.4, -0.2) is 32.6 Å². The van der Waals surface area contributed by atoms with Crippen LogP contribution in [0.4, 0.5) is 0 Å². The van der Waals surface area contributed by atoms with Gasteiger partial charge in [0.25, 0.3) is 0 Å². The molecule has 0 bridgehead atoms. The van der Waals surface area contributed by atoms with Crippen LogP contribution >= 0.6 is 23.3 Å². The van der Waals surface area contributed by atoms with Gasteiger partial charge in [-0.25, -0.2) is 9.40 Å². The second-order valence-corrected chi connectivity index (χ2v) is 10.1. The molecule has 0 spiro atoms. The Kier molecular flexibility index (Phi) is 6.25. The number of aromatic amines is 1. The van der Waals surface area contributed by atoms with Crippen molar-refractivity contribution in [1.82, 2.24) is 19.5 Å². The van der Waals surface area contributed by atoms with Crippen molar-refractivity contribution in [3.8, 4) is 5.75 Å². The van der Waals surface area contributed by atoms with Gasteiger partial charge in [0.2, 0.25) is 0 Å². The second-order valence-electron chi connectivity index (χ2n) is 7.95. The fraction of sp³-hybridized carbons (Fsp3) is 0.292. The molecule has 1 N–H and O–H groups in total. The summed E-state index contributed by atoms with van der Waals surface area (Å²) in [5, 5.41) is 8.77. The molecule has 2 aromatic heterocycles. The van der Waals surface area contributed by atoms with Crippen LogP contribution in [0, 0.1) is 6.92 Å². The van der Waals surface area contributed by atoms with Crippen LogP contribution in [0.15, 0.2) is 64.3 Å². The van der Waals surface area contributed by atoms with Gasteiger partial charge in [-0.1, -0.05) is 29.5 Å². The monoisotopic (exact) mass is 464 g/mol. The Hall–Kier alpha value is -2.68. The van der Waals surface area contributed by atoms with Crippen molar-refractivity contribution in [3.63, 3.8) is 0 Å². The second kappa shape index (κ2) is 9.44. The van der Waals surface area contributed by atoms with E-state index in [1.165, 1.54) is 16.2 Å². The van der Waals surface area contributed by atoms with Gasteiger partial charge in [0.15, 0.2) is 0 Å². The van der Waals surface area contributed by atoms with Crippen LogP contribution < -0.4 is 9.61 Å². The summed E-state index contributed by atoms with van der Waals surface area (Å²) in [4.78, 5) is 17.1. The highest BCUT2D eigenvalue weighted by atomic mass is 32.2. The number of pyridine rings is 1. The SMILES string of the molecule is Cc1cc(COc2ccc(SN3CCC(c4n[nH]c(=O)s4)CC3)cc2)c2ccccc2n1. The van der Waals surface area contributed by atoms with Crippen LogP contribution in [0.1, 0.15) is 35.0 Å². The zero-order chi connectivity index (χ0) is 21.9. The van der Waals surface area contributed by atoms with Gasteiger partial charge in [-0.15, -0.1) is 0 Å². The van der Waals surface area contributed by atoms with Crippen LogP contribution in [0.25, 0.3) is 10.9 Å². The number of rotatable bonds is 6. The van der Waals surface area contributed by atoms with E-state index in [4.69, 9.17) is 4.74 Å². The molecule has 3 heterocycles. The van der Waals surface area contributed by atoms with Gasteiger partial charge in [-0.2, -0.15) is 5.10 Å². The molecular formula is C24H24N4O2S2. The zero-order valence-corrected chi connectivity index (χ0v) is 19.4. The smallest absolute Gasteiger partial charge is 0.322 e. The molecule has 0 saturated carbocycles. The lowest BCUT2D eigenvalue weighted by molar-refractivity contribution is 0.307. The molecule has 0 radical (unpaired) electrons. The van der Waals surface area contributed by atoms with Crippen molar-refractivity contribution in [2.45, 2.75) is 37.2 Å².